The normalized spacial score (nSPS) is 11.4. The molecule has 0 amide bonds. The average Bonchev–Trinajstić information content (AvgIpc) is 2.61. The molecule has 5 nitrogen and oxygen atoms in total. The molecule has 134 valence electrons. The quantitative estimate of drug-likeness (QED) is 0.710. The fourth-order valence-corrected chi connectivity index (χ4v) is 2.06. The molecule has 0 radical (unpaired) electrons. The van der Waals surface area contributed by atoms with Gasteiger partial charge in [0.15, 0.2) is 5.82 Å². The van der Waals surface area contributed by atoms with Gasteiger partial charge < -0.3 is 5.32 Å². The molecule has 0 saturated carbocycles. The van der Waals surface area contributed by atoms with Crippen molar-refractivity contribution in [2.45, 2.75) is 12.7 Å². The van der Waals surface area contributed by atoms with Crippen molar-refractivity contribution in [2.75, 3.05) is 5.32 Å². The molecule has 10 heteroatoms. The number of hydrogen-bond acceptors (Lipinski definition) is 5. The molecule has 0 fully saturated rings. The first-order chi connectivity index (χ1) is 12.3. The summed E-state index contributed by atoms with van der Waals surface area (Å²) in [5, 5.41) is 2.76. The highest BCUT2D eigenvalue weighted by Gasteiger charge is 2.31. The van der Waals surface area contributed by atoms with Crippen LogP contribution < -0.4 is 5.32 Å². The van der Waals surface area contributed by atoms with E-state index in [9.17, 15) is 22.0 Å². The van der Waals surface area contributed by atoms with Crippen LogP contribution in [0.5, 0.6) is 0 Å². The predicted molar refractivity (Wildman–Crippen MR) is 81.7 cm³/mol. The third-order valence-corrected chi connectivity index (χ3v) is 3.30. The van der Waals surface area contributed by atoms with Gasteiger partial charge in [0, 0.05) is 30.2 Å². The number of rotatable bonds is 4. The van der Waals surface area contributed by atoms with Crippen LogP contribution in [0.1, 0.15) is 11.3 Å². The van der Waals surface area contributed by atoms with Crippen LogP contribution in [0.2, 0.25) is 0 Å². The van der Waals surface area contributed by atoms with E-state index in [0.29, 0.717) is 12.3 Å². The summed E-state index contributed by atoms with van der Waals surface area (Å²) in [6, 6.07) is 3.03. The van der Waals surface area contributed by atoms with E-state index < -0.39 is 23.4 Å². The standard InChI is InChI=1S/C16H10F5N5/c17-11-4-12(18)13(24-7-11)8-25-14-1-2-23-15(26-14)9-3-10(6-22-5-9)16(19,20)21/h1-7H,8H2,(H,23,25,26). The van der Waals surface area contributed by atoms with Gasteiger partial charge in [-0.3, -0.25) is 9.97 Å². The molecule has 0 spiro atoms. The van der Waals surface area contributed by atoms with Gasteiger partial charge in [-0.25, -0.2) is 18.7 Å². The predicted octanol–water partition coefficient (Wildman–Crippen LogP) is 3.84. The first-order valence-electron chi connectivity index (χ1n) is 7.22. The number of nitrogens with one attached hydrogen (secondary N) is 1. The largest absolute Gasteiger partial charge is 0.417 e. The number of hydrogen-bond donors (Lipinski definition) is 1. The summed E-state index contributed by atoms with van der Waals surface area (Å²) in [4.78, 5) is 15.2. The highest BCUT2D eigenvalue weighted by Crippen LogP contribution is 2.30. The van der Waals surface area contributed by atoms with Crippen molar-refractivity contribution in [3.05, 3.63) is 65.9 Å². The number of nitrogens with zero attached hydrogens (tertiary/aromatic N) is 4. The van der Waals surface area contributed by atoms with Crippen molar-refractivity contribution < 1.29 is 22.0 Å². The van der Waals surface area contributed by atoms with E-state index in [-0.39, 0.29) is 29.4 Å². The highest BCUT2D eigenvalue weighted by atomic mass is 19.4. The zero-order valence-corrected chi connectivity index (χ0v) is 12.9. The molecule has 3 aromatic rings. The van der Waals surface area contributed by atoms with E-state index in [1.165, 1.54) is 18.5 Å². The molecule has 26 heavy (non-hydrogen) atoms. The van der Waals surface area contributed by atoms with Crippen molar-refractivity contribution in [2.24, 2.45) is 0 Å². The Labute approximate surface area is 144 Å². The van der Waals surface area contributed by atoms with Gasteiger partial charge in [-0.15, -0.1) is 0 Å². The number of halogens is 5. The molecule has 0 aliphatic heterocycles. The van der Waals surface area contributed by atoms with E-state index in [1.807, 2.05) is 0 Å². The molecule has 3 rings (SSSR count). The van der Waals surface area contributed by atoms with Crippen LogP contribution in [0, 0.1) is 11.6 Å². The topological polar surface area (TPSA) is 63.6 Å². The lowest BCUT2D eigenvalue weighted by Crippen LogP contribution is -2.07. The molecule has 0 bridgehead atoms. The molecule has 0 aliphatic carbocycles. The van der Waals surface area contributed by atoms with Crippen LogP contribution in [0.4, 0.5) is 27.8 Å². The Hall–Kier alpha value is -3.17. The van der Waals surface area contributed by atoms with Crippen molar-refractivity contribution in [3.8, 4) is 11.4 Å². The van der Waals surface area contributed by atoms with Crippen LogP contribution in [0.25, 0.3) is 11.4 Å². The van der Waals surface area contributed by atoms with Crippen molar-refractivity contribution in [1.82, 2.24) is 19.9 Å². The maximum absolute atomic E-state index is 13.6. The van der Waals surface area contributed by atoms with Crippen molar-refractivity contribution in [3.63, 3.8) is 0 Å². The zero-order chi connectivity index (χ0) is 18.7. The fourth-order valence-electron chi connectivity index (χ4n) is 2.06. The van der Waals surface area contributed by atoms with Gasteiger partial charge in [-0.2, -0.15) is 13.2 Å². The molecule has 0 saturated heterocycles. The Kier molecular flexibility index (Phi) is 4.74. The summed E-state index contributed by atoms with van der Waals surface area (Å²) in [6.07, 6.45) is -0.423. The van der Waals surface area contributed by atoms with E-state index >= 15 is 0 Å². The molecule has 0 atom stereocenters. The maximum Gasteiger partial charge on any atom is 0.417 e. The van der Waals surface area contributed by atoms with Gasteiger partial charge in [0.05, 0.1) is 24.0 Å². The number of alkyl halides is 3. The lowest BCUT2D eigenvalue weighted by atomic mass is 10.2. The Balaban J connectivity index is 1.80. The van der Waals surface area contributed by atoms with Gasteiger partial charge in [-0.05, 0) is 12.1 Å². The second-order valence-corrected chi connectivity index (χ2v) is 5.16. The average molecular weight is 367 g/mol. The second kappa shape index (κ2) is 6.98. The Morgan fingerprint density at radius 3 is 2.54 bits per heavy atom. The third-order valence-electron chi connectivity index (χ3n) is 3.30. The number of pyridine rings is 2. The maximum atomic E-state index is 13.6. The minimum absolute atomic E-state index is 0.0149. The summed E-state index contributed by atoms with van der Waals surface area (Å²) in [5.41, 5.74) is -0.878. The number of aromatic nitrogens is 4. The molecule has 3 aromatic heterocycles. The Bertz CT molecular complexity index is 929. The van der Waals surface area contributed by atoms with Crippen LogP contribution >= 0.6 is 0 Å². The van der Waals surface area contributed by atoms with Gasteiger partial charge in [0.25, 0.3) is 0 Å². The first kappa shape index (κ1) is 17.6. The smallest absolute Gasteiger partial charge is 0.364 e. The molecule has 0 aromatic carbocycles. The zero-order valence-electron chi connectivity index (χ0n) is 12.9. The Morgan fingerprint density at radius 2 is 1.81 bits per heavy atom. The van der Waals surface area contributed by atoms with Crippen LogP contribution in [0.3, 0.4) is 0 Å². The summed E-state index contributed by atoms with van der Waals surface area (Å²) in [6.45, 7) is -0.0938. The summed E-state index contributed by atoms with van der Waals surface area (Å²) < 4.78 is 64.7. The Morgan fingerprint density at radius 1 is 1.00 bits per heavy atom. The van der Waals surface area contributed by atoms with E-state index in [1.54, 1.807) is 0 Å². The van der Waals surface area contributed by atoms with Gasteiger partial charge >= 0.3 is 6.18 Å². The minimum Gasteiger partial charge on any atom is -0.364 e. The molecule has 0 unspecified atom stereocenters. The third kappa shape index (κ3) is 4.08. The number of anilines is 1. The van der Waals surface area contributed by atoms with Crippen LogP contribution in [0.15, 0.2) is 43.0 Å². The van der Waals surface area contributed by atoms with E-state index in [0.717, 1.165) is 12.3 Å². The van der Waals surface area contributed by atoms with Crippen LogP contribution in [-0.2, 0) is 12.7 Å². The summed E-state index contributed by atoms with van der Waals surface area (Å²) in [7, 11) is 0. The molecule has 0 aliphatic rings. The van der Waals surface area contributed by atoms with Crippen molar-refractivity contribution >= 4 is 5.82 Å². The fraction of sp³-hybridized carbons (Fsp3) is 0.125. The summed E-state index contributed by atoms with van der Waals surface area (Å²) >= 11 is 0. The molecular formula is C16H10F5N5. The first-order valence-corrected chi connectivity index (χ1v) is 7.22. The van der Waals surface area contributed by atoms with Crippen molar-refractivity contribution in [1.29, 1.82) is 0 Å². The second-order valence-electron chi connectivity index (χ2n) is 5.16. The van der Waals surface area contributed by atoms with E-state index in [4.69, 9.17) is 0 Å². The SMILES string of the molecule is Fc1cnc(CNc2ccnc(-c3cncc(C(F)(F)F)c3)n2)c(F)c1. The van der Waals surface area contributed by atoms with Gasteiger partial charge in [0.1, 0.15) is 17.5 Å². The lowest BCUT2D eigenvalue weighted by molar-refractivity contribution is -0.137. The lowest BCUT2D eigenvalue weighted by Gasteiger charge is -2.09. The molecular weight excluding hydrogens is 357 g/mol. The minimum atomic E-state index is -4.54. The van der Waals surface area contributed by atoms with Gasteiger partial charge in [0.2, 0.25) is 0 Å². The molecule has 1 N–H and O–H groups in total. The summed E-state index contributed by atoms with van der Waals surface area (Å²) in [5.74, 6) is -1.37. The molecule has 3 heterocycles. The monoisotopic (exact) mass is 367 g/mol. The van der Waals surface area contributed by atoms with E-state index in [2.05, 4.69) is 25.3 Å². The van der Waals surface area contributed by atoms with Gasteiger partial charge in [-0.1, -0.05) is 0 Å². The highest BCUT2D eigenvalue weighted by molar-refractivity contribution is 5.56. The van der Waals surface area contributed by atoms with Crippen LogP contribution in [-0.4, -0.2) is 19.9 Å².